The van der Waals surface area contributed by atoms with Gasteiger partial charge in [-0.3, -0.25) is 9.59 Å². The minimum absolute atomic E-state index is 0.0145. The fourth-order valence-corrected chi connectivity index (χ4v) is 3.88. The van der Waals surface area contributed by atoms with Crippen LogP contribution in [0.2, 0.25) is 0 Å². The topological polar surface area (TPSA) is 49.4 Å². The van der Waals surface area contributed by atoms with Crippen molar-refractivity contribution in [2.75, 3.05) is 16.8 Å². The Bertz CT molecular complexity index is 775. The molecule has 0 aliphatic carbocycles. The van der Waals surface area contributed by atoms with Gasteiger partial charge in [0.25, 0.3) is 0 Å². The zero-order chi connectivity index (χ0) is 17.1. The van der Waals surface area contributed by atoms with Gasteiger partial charge in [-0.15, -0.1) is 11.8 Å². The van der Waals surface area contributed by atoms with E-state index < -0.39 is 0 Å². The van der Waals surface area contributed by atoms with Crippen molar-refractivity contribution >= 4 is 35.0 Å². The van der Waals surface area contributed by atoms with Gasteiger partial charge < -0.3 is 10.2 Å². The molecule has 1 aliphatic heterocycles. The monoisotopic (exact) mass is 340 g/mol. The zero-order valence-corrected chi connectivity index (χ0v) is 14.6. The molecule has 2 aromatic rings. The lowest BCUT2D eigenvalue weighted by atomic mass is 10.2. The number of carbonyl (C=O) groups excluding carboxylic acids is 2. The molecule has 0 bridgehead atoms. The highest BCUT2D eigenvalue weighted by Gasteiger charge is 2.27. The Balaban J connectivity index is 1.80. The van der Waals surface area contributed by atoms with Crippen LogP contribution in [0, 0.1) is 6.92 Å². The van der Waals surface area contributed by atoms with E-state index in [1.165, 1.54) is 0 Å². The van der Waals surface area contributed by atoms with Gasteiger partial charge in [0, 0.05) is 22.3 Å². The molecule has 1 heterocycles. The van der Waals surface area contributed by atoms with Crippen LogP contribution in [0.1, 0.15) is 18.9 Å². The van der Waals surface area contributed by atoms with Crippen LogP contribution in [0.25, 0.3) is 0 Å². The van der Waals surface area contributed by atoms with Crippen molar-refractivity contribution in [3.63, 3.8) is 0 Å². The SMILES string of the molecule is Cc1cccc(NC(=O)CN2C(=O)CC(C)Sc3ccccc32)c1. The van der Waals surface area contributed by atoms with Crippen LogP contribution in [-0.2, 0) is 9.59 Å². The molecule has 0 saturated carbocycles. The first-order chi connectivity index (χ1) is 11.5. The highest BCUT2D eigenvalue weighted by atomic mass is 32.2. The molecule has 3 rings (SSSR count). The van der Waals surface area contributed by atoms with E-state index in [0.717, 1.165) is 21.8 Å². The van der Waals surface area contributed by atoms with Crippen molar-refractivity contribution in [1.82, 2.24) is 0 Å². The first-order valence-corrected chi connectivity index (χ1v) is 8.83. The standard InChI is InChI=1S/C19H20N2O2S/c1-13-6-5-7-15(10-13)20-18(22)12-21-16-8-3-4-9-17(16)24-14(2)11-19(21)23/h3-10,14H,11-12H2,1-2H3,(H,20,22). The van der Waals surface area contributed by atoms with Crippen molar-refractivity contribution in [3.8, 4) is 0 Å². The van der Waals surface area contributed by atoms with Crippen molar-refractivity contribution in [2.24, 2.45) is 0 Å². The van der Waals surface area contributed by atoms with Crippen LogP contribution in [-0.4, -0.2) is 23.6 Å². The number of thioether (sulfide) groups is 1. The summed E-state index contributed by atoms with van der Waals surface area (Å²) in [7, 11) is 0. The number of para-hydroxylation sites is 1. The van der Waals surface area contributed by atoms with Gasteiger partial charge in [-0.25, -0.2) is 0 Å². The predicted octanol–water partition coefficient (Wildman–Crippen LogP) is 3.85. The summed E-state index contributed by atoms with van der Waals surface area (Å²) in [6.45, 7) is 4.04. The summed E-state index contributed by atoms with van der Waals surface area (Å²) in [5.41, 5.74) is 2.64. The number of aryl methyl sites for hydroxylation is 1. The van der Waals surface area contributed by atoms with Gasteiger partial charge >= 0.3 is 0 Å². The molecule has 0 spiro atoms. The van der Waals surface area contributed by atoms with Gasteiger partial charge in [-0.05, 0) is 36.8 Å². The Morgan fingerprint density at radius 3 is 2.83 bits per heavy atom. The first kappa shape index (κ1) is 16.6. The van der Waals surface area contributed by atoms with Gasteiger partial charge in [0.2, 0.25) is 11.8 Å². The lowest BCUT2D eigenvalue weighted by Gasteiger charge is -2.22. The number of hydrogen-bond acceptors (Lipinski definition) is 3. The van der Waals surface area contributed by atoms with E-state index in [2.05, 4.69) is 5.32 Å². The summed E-state index contributed by atoms with van der Waals surface area (Å²) < 4.78 is 0. The molecule has 4 nitrogen and oxygen atoms in total. The predicted molar refractivity (Wildman–Crippen MR) is 98.5 cm³/mol. The maximum Gasteiger partial charge on any atom is 0.244 e. The largest absolute Gasteiger partial charge is 0.325 e. The van der Waals surface area contributed by atoms with E-state index in [-0.39, 0.29) is 23.6 Å². The molecule has 5 heteroatoms. The fraction of sp³-hybridized carbons (Fsp3) is 0.263. The molecule has 2 aromatic carbocycles. The second-order valence-corrected chi connectivity index (χ2v) is 7.48. The molecular formula is C19H20N2O2S. The molecule has 0 saturated heterocycles. The van der Waals surface area contributed by atoms with E-state index in [4.69, 9.17) is 0 Å². The van der Waals surface area contributed by atoms with E-state index in [9.17, 15) is 9.59 Å². The number of nitrogens with one attached hydrogen (secondary N) is 1. The lowest BCUT2D eigenvalue weighted by molar-refractivity contribution is -0.121. The van der Waals surface area contributed by atoms with Crippen molar-refractivity contribution < 1.29 is 9.59 Å². The minimum Gasteiger partial charge on any atom is -0.325 e. The van der Waals surface area contributed by atoms with Crippen LogP contribution < -0.4 is 10.2 Å². The summed E-state index contributed by atoms with van der Waals surface area (Å²) in [5, 5.41) is 3.07. The Hall–Kier alpha value is -2.27. The quantitative estimate of drug-likeness (QED) is 0.923. The Kier molecular flexibility index (Phi) is 4.90. The van der Waals surface area contributed by atoms with Crippen LogP contribution in [0.5, 0.6) is 0 Å². The average molecular weight is 340 g/mol. The summed E-state index contributed by atoms with van der Waals surface area (Å²) in [4.78, 5) is 27.6. The van der Waals surface area contributed by atoms with Crippen molar-refractivity contribution in [2.45, 2.75) is 30.4 Å². The number of benzene rings is 2. The average Bonchev–Trinajstić information content (AvgIpc) is 2.64. The lowest BCUT2D eigenvalue weighted by Crippen LogP contribution is -2.38. The Morgan fingerprint density at radius 2 is 2.04 bits per heavy atom. The number of carbonyl (C=O) groups is 2. The Morgan fingerprint density at radius 1 is 1.25 bits per heavy atom. The third kappa shape index (κ3) is 3.79. The van der Waals surface area contributed by atoms with Crippen molar-refractivity contribution in [3.05, 3.63) is 54.1 Å². The second-order valence-electron chi connectivity index (χ2n) is 6.00. The molecular weight excluding hydrogens is 320 g/mol. The summed E-state index contributed by atoms with van der Waals surface area (Å²) in [5.74, 6) is -0.206. The Labute approximate surface area is 146 Å². The normalized spacial score (nSPS) is 17.2. The molecule has 0 aromatic heterocycles. The fourth-order valence-electron chi connectivity index (χ4n) is 2.77. The molecule has 24 heavy (non-hydrogen) atoms. The van der Waals surface area contributed by atoms with Gasteiger partial charge in [0.1, 0.15) is 6.54 Å². The highest BCUT2D eigenvalue weighted by molar-refractivity contribution is 8.00. The maximum atomic E-state index is 12.6. The second kappa shape index (κ2) is 7.09. The molecule has 2 amide bonds. The van der Waals surface area contributed by atoms with Gasteiger partial charge in [-0.2, -0.15) is 0 Å². The smallest absolute Gasteiger partial charge is 0.244 e. The van der Waals surface area contributed by atoms with E-state index >= 15 is 0 Å². The minimum atomic E-state index is -0.191. The molecule has 1 aliphatic rings. The van der Waals surface area contributed by atoms with Gasteiger partial charge in [0.15, 0.2) is 0 Å². The van der Waals surface area contributed by atoms with Crippen molar-refractivity contribution in [1.29, 1.82) is 0 Å². The molecule has 1 atom stereocenters. The number of rotatable bonds is 3. The molecule has 0 radical (unpaired) electrons. The summed E-state index contributed by atoms with van der Waals surface area (Å²) >= 11 is 1.68. The molecule has 1 N–H and O–H groups in total. The summed E-state index contributed by atoms with van der Waals surface area (Å²) in [6, 6.07) is 15.4. The summed E-state index contributed by atoms with van der Waals surface area (Å²) in [6.07, 6.45) is 0.428. The van der Waals surface area contributed by atoms with Crippen LogP contribution in [0.3, 0.4) is 0 Å². The number of anilines is 2. The highest BCUT2D eigenvalue weighted by Crippen LogP contribution is 2.37. The third-order valence-electron chi connectivity index (χ3n) is 3.85. The van der Waals surface area contributed by atoms with E-state index in [1.54, 1.807) is 16.7 Å². The van der Waals surface area contributed by atoms with E-state index in [1.807, 2.05) is 62.4 Å². The zero-order valence-electron chi connectivity index (χ0n) is 13.8. The van der Waals surface area contributed by atoms with Crippen LogP contribution in [0.15, 0.2) is 53.4 Å². The molecule has 0 fully saturated rings. The van der Waals surface area contributed by atoms with E-state index in [0.29, 0.717) is 6.42 Å². The van der Waals surface area contributed by atoms with Crippen LogP contribution in [0.4, 0.5) is 11.4 Å². The number of nitrogens with zero attached hydrogens (tertiary/aromatic N) is 1. The van der Waals surface area contributed by atoms with Crippen LogP contribution >= 0.6 is 11.8 Å². The molecule has 124 valence electrons. The number of hydrogen-bond donors (Lipinski definition) is 1. The third-order valence-corrected chi connectivity index (χ3v) is 5.02. The maximum absolute atomic E-state index is 12.6. The number of amides is 2. The van der Waals surface area contributed by atoms with Gasteiger partial charge in [0.05, 0.1) is 5.69 Å². The molecule has 1 unspecified atom stereocenters. The number of fused-ring (bicyclic) bond motifs is 1. The first-order valence-electron chi connectivity index (χ1n) is 7.95. The van der Waals surface area contributed by atoms with Gasteiger partial charge in [-0.1, -0.05) is 31.2 Å².